The van der Waals surface area contributed by atoms with Crippen LogP contribution in [0.4, 0.5) is 0 Å². The Hall–Kier alpha value is -1.16. The molecule has 0 aromatic carbocycles. The van der Waals surface area contributed by atoms with Crippen LogP contribution in [0.15, 0.2) is 6.07 Å². The maximum absolute atomic E-state index is 11.6. The molecule has 0 aliphatic carbocycles. The van der Waals surface area contributed by atoms with Gasteiger partial charge in [0.2, 0.25) is 0 Å². The molecule has 4 nitrogen and oxygen atoms in total. The predicted molar refractivity (Wildman–Crippen MR) is 59.8 cm³/mol. The summed E-state index contributed by atoms with van der Waals surface area (Å²) in [6, 6.07) is 1.97. The molecule has 0 amide bonds. The van der Waals surface area contributed by atoms with Gasteiger partial charge in [0.15, 0.2) is 0 Å². The van der Waals surface area contributed by atoms with Crippen LogP contribution in [0.2, 0.25) is 0 Å². The fourth-order valence-corrected chi connectivity index (χ4v) is 1.47. The Bertz CT molecular complexity index is 342. The number of hydrogen-bond donors (Lipinski definition) is 0. The lowest BCUT2D eigenvalue weighted by molar-refractivity contribution is -0.118. The van der Waals surface area contributed by atoms with Crippen LogP contribution in [0.1, 0.15) is 17.8 Å². The van der Waals surface area contributed by atoms with Crippen LogP contribution in [0.5, 0.6) is 0 Å². The Morgan fingerprint density at radius 3 is 2.67 bits per heavy atom. The van der Waals surface area contributed by atoms with E-state index in [1.165, 1.54) is 0 Å². The molecular formula is C11H19N3O. The second-order valence-electron chi connectivity index (χ2n) is 4.17. The van der Waals surface area contributed by atoms with Crippen LogP contribution in [-0.4, -0.2) is 41.1 Å². The van der Waals surface area contributed by atoms with E-state index in [1.807, 2.05) is 39.0 Å². The molecule has 1 aromatic heterocycles. The molecule has 0 N–H and O–H groups in total. The molecule has 0 saturated heterocycles. The highest BCUT2D eigenvalue weighted by atomic mass is 16.1. The largest absolute Gasteiger partial charge is 0.309 e. The molecular weight excluding hydrogens is 190 g/mol. The van der Waals surface area contributed by atoms with Crippen molar-refractivity contribution in [1.82, 2.24) is 14.7 Å². The minimum absolute atomic E-state index is 0.270. The Morgan fingerprint density at radius 2 is 2.20 bits per heavy atom. The Morgan fingerprint density at radius 1 is 1.53 bits per heavy atom. The minimum Gasteiger partial charge on any atom is -0.309 e. The first-order chi connectivity index (χ1) is 6.99. The smallest absolute Gasteiger partial charge is 0.140 e. The van der Waals surface area contributed by atoms with Crippen molar-refractivity contribution in [3.8, 4) is 0 Å². The number of carbonyl (C=O) groups excluding carboxylic acids is 1. The van der Waals surface area contributed by atoms with Crippen molar-refractivity contribution in [2.24, 2.45) is 7.05 Å². The van der Waals surface area contributed by atoms with Gasteiger partial charge in [-0.25, -0.2) is 0 Å². The van der Waals surface area contributed by atoms with E-state index < -0.39 is 0 Å². The van der Waals surface area contributed by atoms with Gasteiger partial charge in [-0.05, 0) is 27.1 Å². The van der Waals surface area contributed by atoms with Gasteiger partial charge in [-0.15, -0.1) is 0 Å². The summed E-state index contributed by atoms with van der Waals surface area (Å²) >= 11 is 0. The summed E-state index contributed by atoms with van der Waals surface area (Å²) in [4.78, 5) is 13.6. The molecule has 0 saturated carbocycles. The molecule has 15 heavy (non-hydrogen) atoms. The number of hydrogen-bond acceptors (Lipinski definition) is 3. The standard InChI is InChI=1S/C11H19N3O/c1-9-7-10(14(4)12-9)8-11(15)5-6-13(2)3/h7H,5-6,8H2,1-4H3. The molecule has 0 bridgehead atoms. The second kappa shape index (κ2) is 5.07. The highest BCUT2D eigenvalue weighted by Crippen LogP contribution is 2.04. The summed E-state index contributed by atoms with van der Waals surface area (Å²) in [5.74, 6) is 0.270. The zero-order valence-electron chi connectivity index (χ0n) is 9.95. The number of ketones is 1. The van der Waals surface area contributed by atoms with E-state index in [1.54, 1.807) is 4.68 Å². The zero-order chi connectivity index (χ0) is 11.4. The first kappa shape index (κ1) is 11.9. The van der Waals surface area contributed by atoms with E-state index in [2.05, 4.69) is 5.10 Å². The molecule has 0 atom stereocenters. The van der Waals surface area contributed by atoms with E-state index >= 15 is 0 Å². The van der Waals surface area contributed by atoms with Crippen molar-refractivity contribution >= 4 is 5.78 Å². The lowest BCUT2D eigenvalue weighted by Gasteiger charge is -2.08. The lowest BCUT2D eigenvalue weighted by atomic mass is 10.1. The van der Waals surface area contributed by atoms with Crippen molar-refractivity contribution in [2.75, 3.05) is 20.6 Å². The topological polar surface area (TPSA) is 38.1 Å². The summed E-state index contributed by atoms with van der Waals surface area (Å²) in [6.45, 7) is 2.75. The highest BCUT2D eigenvalue weighted by Gasteiger charge is 2.08. The third-order valence-corrected chi connectivity index (χ3v) is 2.32. The predicted octanol–water partition coefficient (Wildman–Crippen LogP) is 0.792. The van der Waals surface area contributed by atoms with Gasteiger partial charge in [-0.3, -0.25) is 9.48 Å². The van der Waals surface area contributed by atoms with Gasteiger partial charge in [-0.2, -0.15) is 5.10 Å². The summed E-state index contributed by atoms with van der Waals surface area (Å²) < 4.78 is 1.78. The normalized spacial score (nSPS) is 11.0. The number of nitrogens with zero attached hydrogens (tertiary/aromatic N) is 3. The van der Waals surface area contributed by atoms with Crippen LogP contribution in [-0.2, 0) is 18.3 Å². The molecule has 84 valence electrons. The van der Waals surface area contributed by atoms with Crippen molar-refractivity contribution < 1.29 is 4.79 Å². The first-order valence-electron chi connectivity index (χ1n) is 5.15. The van der Waals surface area contributed by atoms with E-state index in [0.29, 0.717) is 12.8 Å². The van der Waals surface area contributed by atoms with Gasteiger partial charge < -0.3 is 4.90 Å². The molecule has 0 radical (unpaired) electrons. The highest BCUT2D eigenvalue weighted by molar-refractivity contribution is 5.80. The molecule has 0 fully saturated rings. The van der Waals surface area contributed by atoms with Gasteiger partial charge in [0.25, 0.3) is 0 Å². The van der Waals surface area contributed by atoms with Gasteiger partial charge in [-0.1, -0.05) is 0 Å². The maximum atomic E-state index is 11.6. The third-order valence-electron chi connectivity index (χ3n) is 2.32. The summed E-state index contributed by atoms with van der Waals surface area (Å²) in [5.41, 5.74) is 1.96. The van der Waals surface area contributed by atoms with Crippen molar-refractivity contribution in [3.05, 3.63) is 17.5 Å². The molecule has 1 aromatic rings. The number of carbonyl (C=O) groups is 1. The van der Waals surface area contributed by atoms with Crippen LogP contribution in [0, 0.1) is 6.92 Å². The summed E-state index contributed by atoms with van der Waals surface area (Å²) in [6.07, 6.45) is 1.10. The van der Waals surface area contributed by atoms with Gasteiger partial charge in [0.05, 0.1) is 5.69 Å². The van der Waals surface area contributed by atoms with Crippen molar-refractivity contribution in [1.29, 1.82) is 0 Å². The number of rotatable bonds is 5. The molecule has 1 heterocycles. The van der Waals surface area contributed by atoms with Crippen molar-refractivity contribution in [3.63, 3.8) is 0 Å². The quantitative estimate of drug-likeness (QED) is 0.719. The average molecular weight is 209 g/mol. The summed E-state index contributed by atoms with van der Waals surface area (Å²) in [5, 5.41) is 4.21. The number of aryl methyl sites for hydroxylation is 2. The van der Waals surface area contributed by atoms with Crippen LogP contribution < -0.4 is 0 Å². The average Bonchev–Trinajstić information content (AvgIpc) is 2.42. The van der Waals surface area contributed by atoms with Crippen LogP contribution in [0.25, 0.3) is 0 Å². The fourth-order valence-electron chi connectivity index (χ4n) is 1.47. The van der Waals surface area contributed by atoms with E-state index in [9.17, 15) is 4.79 Å². The molecule has 0 spiro atoms. The molecule has 1 rings (SSSR count). The maximum Gasteiger partial charge on any atom is 0.140 e. The zero-order valence-corrected chi connectivity index (χ0v) is 9.95. The molecule has 0 unspecified atom stereocenters. The molecule has 4 heteroatoms. The van der Waals surface area contributed by atoms with Crippen LogP contribution in [0.3, 0.4) is 0 Å². The Labute approximate surface area is 90.9 Å². The lowest BCUT2D eigenvalue weighted by Crippen LogP contribution is -2.18. The number of aromatic nitrogens is 2. The summed E-state index contributed by atoms with van der Waals surface area (Å²) in [7, 11) is 5.82. The van der Waals surface area contributed by atoms with Crippen molar-refractivity contribution in [2.45, 2.75) is 19.8 Å². The van der Waals surface area contributed by atoms with E-state index in [4.69, 9.17) is 0 Å². The monoisotopic (exact) mass is 209 g/mol. The fraction of sp³-hybridized carbons (Fsp3) is 0.636. The van der Waals surface area contributed by atoms with Crippen LogP contribution >= 0.6 is 0 Å². The minimum atomic E-state index is 0.270. The molecule has 0 aliphatic rings. The van der Waals surface area contributed by atoms with Gasteiger partial charge >= 0.3 is 0 Å². The SMILES string of the molecule is Cc1cc(CC(=O)CCN(C)C)n(C)n1. The molecule has 0 aliphatic heterocycles. The van der Waals surface area contributed by atoms with E-state index in [0.717, 1.165) is 17.9 Å². The van der Waals surface area contributed by atoms with E-state index in [-0.39, 0.29) is 5.78 Å². The Kier molecular flexibility index (Phi) is 4.03. The van der Waals surface area contributed by atoms with Gasteiger partial charge in [0.1, 0.15) is 5.78 Å². The van der Waals surface area contributed by atoms with Gasteiger partial charge in [0, 0.05) is 32.1 Å². The number of Topliss-reactive ketones (excluding diaryl/α,β-unsaturated/α-hetero) is 1. The second-order valence-corrected chi connectivity index (χ2v) is 4.17. The first-order valence-corrected chi connectivity index (χ1v) is 5.15. The Balaban J connectivity index is 2.48. The third kappa shape index (κ3) is 3.83.